The molecule has 1 aromatic heterocycles. The Labute approximate surface area is 154 Å². The molecule has 1 aliphatic rings. The van der Waals surface area contributed by atoms with E-state index in [1.165, 1.54) is 24.3 Å². The lowest BCUT2D eigenvalue weighted by Gasteiger charge is -2.38. The molecule has 12 heteroatoms. The molecule has 2 unspecified atom stereocenters. The van der Waals surface area contributed by atoms with E-state index in [1.54, 1.807) is 11.9 Å². The van der Waals surface area contributed by atoms with Crippen molar-refractivity contribution in [1.29, 1.82) is 0 Å². The van der Waals surface area contributed by atoms with E-state index >= 15 is 0 Å². The van der Waals surface area contributed by atoms with Gasteiger partial charge in [0.25, 0.3) is 6.23 Å². The number of carbonyl (C=O) groups is 1. The summed E-state index contributed by atoms with van der Waals surface area (Å²) in [5.41, 5.74) is 0.170. The van der Waals surface area contributed by atoms with E-state index in [9.17, 15) is 23.2 Å². The zero-order valence-electron chi connectivity index (χ0n) is 13.2. The summed E-state index contributed by atoms with van der Waals surface area (Å²) < 4.78 is 42.2. The number of benzene rings is 1. The van der Waals surface area contributed by atoms with Crippen molar-refractivity contribution in [3.63, 3.8) is 0 Å². The van der Waals surface area contributed by atoms with Crippen LogP contribution in [-0.4, -0.2) is 47.6 Å². The largest absolute Gasteiger partial charge is 0.622 e. The zero-order valence-corrected chi connectivity index (χ0v) is 14.8. The minimum absolute atomic E-state index is 0.0454. The van der Waals surface area contributed by atoms with Crippen LogP contribution < -0.4 is 4.65 Å². The second-order valence-corrected chi connectivity index (χ2v) is 7.12. The number of halogens is 4. The molecule has 2 atom stereocenters. The van der Waals surface area contributed by atoms with Crippen molar-refractivity contribution in [1.82, 2.24) is 19.7 Å². The number of carbonyl (C=O) groups excluding carboxylic acids is 1. The molecule has 1 fully saturated rings. The molecule has 140 valence electrons. The molecule has 3 rings (SSSR count). The molecule has 7 nitrogen and oxygen atoms in total. The molecule has 1 saturated heterocycles. The van der Waals surface area contributed by atoms with Crippen LogP contribution in [0.1, 0.15) is 15.4 Å². The molecule has 0 saturated carbocycles. The minimum atomic E-state index is -4.70. The van der Waals surface area contributed by atoms with Crippen molar-refractivity contribution in [2.24, 2.45) is 0 Å². The number of hydrogen-bond donors (Lipinski definition) is 0. The molecule has 2 heterocycles. The first-order valence-electron chi connectivity index (χ1n) is 7.25. The number of aromatic nitrogens is 2. The Morgan fingerprint density at radius 2 is 2.04 bits per heavy atom. The fourth-order valence-corrected chi connectivity index (χ4v) is 3.38. The van der Waals surface area contributed by atoms with E-state index in [2.05, 4.69) is 10.2 Å². The lowest BCUT2D eigenvalue weighted by atomic mass is 10.2. The Morgan fingerprint density at radius 3 is 2.62 bits per heavy atom. The van der Waals surface area contributed by atoms with E-state index < -0.39 is 33.2 Å². The smallest absolute Gasteiger partial charge is 0.445 e. The van der Waals surface area contributed by atoms with Gasteiger partial charge >= 0.3 is 17.3 Å². The van der Waals surface area contributed by atoms with Crippen LogP contribution in [0.3, 0.4) is 0 Å². The van der Waals surface area contributed by atoms with E-state index in [0.29, 0.717) is 5.02 Å². The number of hydrogen-bond acceptors (Lipinski definition) is 7. The van der Waals surface area contributed by atoms with Crippen LogP contribution in [0, 0.1) is 5.21 Å². The Balaban J connectivity index is 1.84. The van der Waals surface area contributed by atoms with E-state index in [1.807, 2.05) is 0 Å². The Morgan fingerprint density at radius 1 is 1.38 bits per heavy atom. The molecule has 26 heavy (non-hydrogen) atoms. The summed E-state index contributed by atoms with van der Waals surface area (Å²) in [7, 11) is 1.59. The summed E-state index contributed by atoms with van der Waals surface area (Å²) in [4.78, 5) is 13.8. The fraction of sp³-hybridized carbons (Fsp3) is 0.357. The van der Waals surface area contributed by atoms with Crippen LogP contribution >= 0.6 is 22.9 Å². The first-order valence-corrected chi connectivity index (χ1v) is 8.44. The number of hydroxylamine groups is 2. The van der Waals surface area contributed by atoms with Crippen LogP contribution in [0.25, 0.3) is 0 Å². The Hall–Kier alpha value is -1.79. The zero-order chi connectivity index (χ0) is 19.1. The predicted molar refractivity (Wildman–Crippen MR) is 88.2 cm³/mol. The molecule has 1 aromatic carbocycles. The van der Waals surface area contributed by atoms with Gasteiger partial charge < -0.3 is 9.94 Å². The third-order valence-electron chi connectivity index (χ3n) is 3.69. The summed E-state index contributed by atoms with van der Waals surface area (Å²) in [6.45, 7) is -0.172. The molecule has 0 amide bonds. The Bertz CT molecular complexity index is 817. The van der Waals surface area contributed by atoms with Crippen molar-refractivity contribution < 1.29 is 22.7 Å². The van der Waals surface area contributed by atoms with Crippen LogP contribution in [0.2, 0.25) is 5.02 Å². The summed E-state index contributed by atoms with van der Waals surface area (Å²) in [6.07, 6.45) is -5.96. The quantitative estimate of drug-likeness (QED) is 0.441. The van der Waals surface area contributed by atoms with Gasteiger partial charge in [0, 0.05) is 5.02 Å². The number of quaternary nitrogens is 1. The highest BCUT2D eigenvalue weighted by atomic mass is 35.5. The summed E-state index contributed by atoms with van der Waals surface area (Å²) >= 11 is 5.90. The third-order valence-corrected chi connectivity index (χ3v) is 5.02. The number of ether oxygens (including phenoxy) is 1. The predicted octanol–water partition coefficient (Wildman–Crippen LogP) is 3.10. The van der Waals surface area contributed by atoms with Gasteiger partial charge in [-0.2, -0.15) is 13.2 Å². The highest BCUT2D eigenvalue weighted by Gasteiger charge is 2.47. The maximum Gasteiger partial charge on any atom is 0.445 e. The van der Waals surface area contributed by atoms with Crippen LogP contribution in [0.4, 0.5) is 18.3 Å². The first-order chi connectivity index (χ1) is 12.1. The molecule has 0 bridgehead atoms. The number of likely N-dealkylation sites (N-methyl/N-ethyl adjacent to an activating group) is 1. The summed E-state index contributed by atoms with van der Waals surface area (Å²) in [6, 6.07) is 5.82. The SMILES string of the molecule is CN1CC(OC(=O)c2ccc(Cl)cc2)[N+]([O-])(c2nnc(C(F)(F)F)s2)C1. The van der Waals surface area contributed by atoms with Gasteiger partial charge in [-0.25, -0.2) is 9.69 Å². The maximum atomic E-state index is 13.1. The summed E-state index contributed by atoms with van der Waals surface area (Å²) in [5.74, 6) is -0.777. The molecule has 0 aliphatic carbocycles. The number of rotatable bonds is 3. The van der Waals surface area contributed by atoms with E-state index in [0.717, 1.165) is 0 Å². The monoisotopic (exact) mass is 408 g/mol. The topological polar surface area (TPSA) is 78.4 Å². The fourth-order valence-electron chi connectivity index (χ4n) is 2.47. The van der Waals surface area contributed by atoms with Gasteiger partial charge in [-0.1, -0.05) is 16.7 Å². The van der Waals surface area contributed by atoms with Crippen molar-refractivity contribution in [2.45, 2.75) is 12.4 Å². The molecule has 0 radical (unpaired) electrons. The van der Waals surface area contributed by atoms with Crippen LogP contribution in [0.5, 0.6) is 0 Å². The first kappa shape index (κ1) is 19.0. The second kappa shape index (κ2) is 6.74. The van der Waals surface area contributed by atoms with Gasteiger partial charge in [0.15, 0.2) is 0 Å². The molecular weight excluding hydrogens is 397 g/mol. The van der Waals surface area contributed by atoms with Gasteiger partial charge in [-0.05, 0) is 42.6 Å². The molecule has 0 spiro atoms. The normalized spacial score (nSPS) is 24.0. The lowest BCUT2D eigenvalue weighted by molar-refractivity contribution is -0.138. The van der Waals surface area contributed by atoms with Gasteiger partial charge in [-0.15, -0.1) is 5.10 Å². The minimum Gasteiger partial charge on any atom is -0.622 e. The van der Waals surface area contributed by atoms with Crippen molar-refractivity contribution in [2.75, 3.05) is 20.3 Å². The molecule has 0 N–H and O–H groups in total. The number of esters is 1. The summed E-state index contributed by atoms with van der Waals surface area (Å²) in [5, 5.41) is 18.3. The van der Waals surface area contributed by atoms with Crippen LogP contribution in [0.15, 0.2) is 24.3 Å². The molecule has 1 aliphatic heterocycles. The number of alkyl halides is 3. The standard InChI is InChI=1S/C14H12ClF3N4O3S/c1-21-6-10(25-11(23)8-2-4-9(15)5-3-8)22(24,7-21)13-20-19-12(26-13)14(16,17)18/h2-5,10H,6-7H2,1H3. The second-order valence-electron chi connectivity index (χ2n) is 5.73. The van der Waals surface area contributed by atoms with Gasteiger partial charge in [0.05, 0.1) is 12.1 Å². The lowest BCUT2D eigenvalue weighted by Crippen LogP contribution is -2.50. The molecular formula is C14H12ClF3N4O3S. The highest BCUT2D eigenvalue weighted by molar-refractivity contribution is 7.15. The van der Waals surface area contributed by atoms with E-state index in [4.69, 9.17) is 16.3 Å². The highest BCUT2D eigenvalue weighted by Crippen LogP contribution is 2.39. The van der Waals surface area contributed by atoms with E-state index in [-0.39, 0.29) is 30.1 Å². The Kier molecular flexibility index (Phi) is 4.92. The van der Waals surface area contributed by atoms with Crippen LogP contribution in [-0.2, 0) is 10.9 Å². The van der Waals surface area contributed by atoms with Crippen molar-refractivity contribution >= 4 is 34.0 Å². The van der Waals surface area contributed by atoms with Crippen molar-refractivity contribution in [3.05, 3.63) is 45.1 Å². The van der Waals surface area contributed by atoms with Gasteiger partial charge in [-0.3, -0.25) is 4.65 Å². The third kappa shape index (κ3) is 3.67. The van der Waals surface area contributed by atoms with Crippen molar-refractivity contribution in [3.8, 4) is 0 Å². The maximum absolute atomic E-state index is 13.1. The number of nitrogens with zero attached hydrogens (tertiary/aromatic N) is 4. The average molecular weight is 409 g/mol. The molecule has 2 aromatic rings. The average Bonchev–Trinajstić information content (AvgIpc) is 3.14. The van der Waals surface area contributed by atoms with Gasteiger partial charge in [0.2, 0.25) is 5.01 Å². The van der Waals surface area contributed by atoms with Gasteiger partial charge in [0.1, 0.15) is 6.67 Å².